The average molecular weight is 637 g/mol. The van der Waals surface area contributed by atoms with Crippen molar-refractivity contribution in [3.8, 4) is 45.3 Å². The van der Waals surface area contributed by atoms with E-state index in [1.807, 2.05) is 12.1 Å². The van der Waals surface area contributed by atoms with Crippen molar-refractivity contribution in [1.29, 1.82) is 0 Å². The van der Waals surface area contributed by atoms with E-state index >= 15 is 0 Å². The molecule has 0 aliphatic carbocycles. The third kappa shape index (κ3) is 4.54. The van der Waals surface area contributed by atoms with Crippen LogP contribution in [0.4, 0.5) is 0 Å². The van der Waals surface area contributed by atoms with Crippen LogP contribution in [0.25, 0.3) is 99.4 Å². The van der Waals surface area contributed by atoms with Gasteiger partial charge in [-0.05, 0) is 44.5 Å². The molecule has 10 aromatic rings. The lowest BCUT2D eigenvalue weighted by Crippen LogP contribution is -1.98. The summed E-state index contributed by atoms with van der Waals surface area (Å²) in [6, 6.07) is 59.1. The second-order valence-corrected chi connectivity index (χ2v) is 12.6. The van der Waals surface area contributed by atoms with Crippen LogP contribution in [0.2, 0.25) is 0 Å². The highest BCUT2D eigenvalue weighted by molar-refractivity contribution is 6.11. The first-order chi connectivity index (χ1) is 24.8. The van der Waals surface area contributed by atoms with Gasteiger partial charge >= 0.3 is 0 Å². The van der Waals surface area contributed by atoms with Gasteiger partial charge in [-0.1, -0.05) is 158 Å². The van der Waals surface area contributed by atoms with E-state index in [0.717, 1.165) is 87.8 Å². The molecule has 0 amide bonds. The summed E-state index contributed by atoms with van der Waals surface area (Å²) in [6.07, 6.45) is 0. The fourth-order valence-corrected chi connectivity index (χ4v) is 7.36. The maximum absolute atomic E-state index is 5.34. The molecule has 0 aliphatic heterocycles. The summed E-state index contributed by atoms with van der Waals surface area (Å²) in [5.74, 6) is 1.43. The van der Waals surface area contributed by atoms with Crippen molar-refractivity contribution in [2.45, 2.75) is 0 Å². The average Bonchev–Trinajstić information content (AvgIpc) is 3.19. The lowest BCUT2D eigenvalue weighted by Gasteiger charge is -2.16. The first-order valence-electron chi connectivity index (χ1n) is 16.8. The van der Waals surface area contributed by atoms with Crippen molar-refractivity contribution in [2.75, 3.05) is 0 Å². The minimum absolute atomic E-state index is 0.713. The van der Waals surface area contributed by atoms with E-state index in [1.54, 1.807) is 0 Å². The molecule has 0 spiro atoms. The zero-order valence-corrected chi connectivity index (χ0v) is 27.0. The van der Waals surface area contributed by atoms with Crippen LogP contribution in [0.1, 0.15) is 0 Å². The van der Waals surface area contributed by atoms with E-state index in [2.05, 4.69) is 158 Å². The van der Waals surface area contributed by atoms with Gasteiger partial charge in [0.2, 0.25) is 0 Å². The number of fused-ring (bicyclic) bond motifs is 5. The summed E-state index contributed by atoms with van der Waals surface area (Å²) >= 11 is 0. The van der Waals surface area contributed by atoms with Crippen LogP contribution in [0.3, 0.4) is 0 Å². The summed E-state index contributed by atoms with van der Waals surface area (Å²) < 4.78 is 0. The molecule has 2 aromatic heterocycles. The van der Waals surface area contributed by atoms with Gasteiger partial charge in [0.15, 0.2) is 11.6 Å². The monoisotopic (exact) mass is 636 g/mol. The van der Waals surface area contributed by atoms with E-state index in [-0.39, 0.29) is 0 Å². The molecule has 0 saturated heterocycles. The van der Waals surface area contributed by atoms with Crippen LogP contribution in [0.5, 0.6) is 0 Å². The number of hydrogen-bond donors (Lipinski definition) is 0. The summed E-state index contributed by atoms with van der Waals surface area (Å²) in [4.78, 5) is 20.9. The van der Waals surface area contributed by atoms with Gasteiger partial charge in [0.05, 0.1) is 22.4 Å². The first-order valence-corrected chi connectivity index (χ1v) is 16.8. The topological polar surface area (TPSA) is 51.6 Å². The molecule has 8 aromatic carbocycles. The molecule has 4 nitrogen and oxygen atoms in total. The normalized spacial score (nSPS) is 11.6. The number of para-hydroxylation sites is 2. The van der Waals surface area contributed by atoms with Gasteiger partial charge in [0, 0.05) is 33.0 Å². The highest BCUT2D eigenvalue weighted by Gasteiger charge is 2.19. The predicted molar refractivity (Wildman–Crippen MR) is 207 cm³/mol. The number of aromatic nitrogens is 4. The second-order valence-electron chi connectivity index (χ2n) is 12.6. The largest absolute Gasteiger partial charge is 0.228 e. The van der Waals surface area contributed by atoms with Crippen molar-refractivity contribution in [3.05, 3.63) is 170 Å². The Morgan fingerprint density at radius 2 is 0.600 bits per heavy atom. The van der Waals surface area contributed by atoms with Crippen LogP contribution in [-0.2, 0) is 0 Å². The van der Waals surface area contributed by atoms with Crippen molar-refractivity contribution in [3.63, 3.8) is 0 Å². The van der Waals surface area contributed by atoms with Gasteiger partial charge in [-0.25, -0.2) is 19.9 Å². The predicted octanol–water partition coefficient (Wildman–Crippen LogP) is 11.7. The Bertz CT molecular complexity index is 2740. The highest BCUT2D eigenvalue weighted by Crippen LogP contribution is 2.40. The molecular formula is C46H28N4. The molecule has 50 heavy (non-hydrogen) atoms. The quantitative estimate of drug-likeness (QED) is 0.193. The third-order valence-electron chi connectivity index (χ3n) is 9.70. The zero-order valence-electron chi connectivity index (χ0n) is 27.0. The fourth-order valence-electron chi connectivity index (χ4n) is 7.36. The van der Waals surface area contributed by atoms with E-state index in [0.29, 0.717) is 11.6 Å². The van der Waals surface area contributed by atoms with Crippen LogP contribution in [-0.4, -0.2) is 19.9 Å². The third-order valence-corrected chi connectivity index (χ3v) is 9.70. The number of nitrogens with zero attached hydrogens (tertiary/aromatic N) is 4. The molecule has 4 heteroatoms. The summed E-state index contributed by atoms with van der Waals surface area (Å²) in [5, 5.41) is 8.83. The standard InChI is InChI=1S/C46H28N4/c1-3-17-31-29(13-1)15-11-23-37(31)45-47-41-25-9-7-21-39(41)43(49-45)35-27-28-36(34-20-6-5-19-33(34)35)44-40-22-8-10-26-42(40)48-46(50-44)38-24-12-16-30-14-2-4-18-32(30)38/h1-28H. The molecule has 0 radical (unpaired) electrons. The minimum Gasteiger partial charge on any atom is -0.228 e. The Balaban J connectivity index is 1.22. The van der Waals surface area contributed by atoms with E-state index in [4.69, 9.17) is 19.9 Å². The van der Waals surface area contributed by atoms with Crippen molar-refractivity contribution < 1.29 is 0 Å². The van der Waals surface area contributed by atoms with Gasteiger partial charge in [-0.15, -0.1) is 0 Å². The maximum Gasteiger partial charge on any atom is 0.161 e. The first kappa shape index (κ1) is 28.3. The van der Waals surface area contributed by atoms with Gasteiger partial charge in [-0.3, -0.25) is 0 Å². The molecule has 0 N–H and O–H groups in total. The SMILES string of the molecule is c1ccc2c(-c3nc(-c4ccc(-c5nc(-c6cccc7ccccc67)nc6ccccc56)c5ccccc45)c4ccccc4n3)cccc2c1. The van der Waals surface area contributed by atoms with E-state index in [9.17, 15) is 0 Å². The van der Waals surface area contributed by atoms with Gasteiger partial charge < -0.3 is 0 Å². The Morgan fingerprint density at radius 3 is 1.06 bits per heavy atom. The Kier molecular flexibility index (Phi) is 6.46. The molecule has 232 valence electrons. The van der Waals surface area contributed by atoms with Gasteiger partial charge in [0.1, 0.15) is 0 Å². The molecular weight excluding hydrogens is 609 g/mol. The molecule has 0 saturated carbocycles. The van der Waals surface area contributed by atoms with Crippen LogP contribution in [0, 0.1) is 0 Å². The lowest BCUT2D eigenvalue weighted by molar-refractivity contribution is 1.23. The zero-order chi connectivity index (χ0) is 33.0. The molecule has 2 heterocycles. The lowest BCUT2D eigenvalue weighted by atomic mass is 9.93. The van der Waals surface area contributed by atoms with Crippen LogP contribution >= 0.6 is 0 Å². The maximum atomic E-state index is 5.34. The second kappa shape index (κ2) is 11.4. The summed E-state index contributed by atoms with van der Waals surface area (Å²) in [5.41, 5.74) is 7.78. The Morgan fingerprint density at radius 1 is 0.240 bits per heavy atom. The van der Waals surface area contributed by atoms with Crippen LogP contribution < -0.4 is 0 Å². The van der Waals surface area contributed by atoms with Gasteiger partial charge in [-0.2, -0.15) is 0 Å². The number of benzene rings is 8. The summed E-state index contributed by atoms with van der Waals surface area (Å²) in [6.45, 7) is 0. The van der Waals surface area contributed by atoms with E-state index < -0.39 is 0 Å². The number of rotatable bonds is 4. The van der Waals surface area contributed by atoms with Gasteiger partial charge in [0.25, 0.3) is 0 Å². The molecule has 10 rings (SSSR count). The molecule has 0 fully saturated rings. The smallest absolute Gasteiger partial charge is 0.161 e. The molecule has 0 bridgehead atoms. The van der Waals surface area contributed by atoms with Crippen molar-refractivity contribution in [2.24, 2.45) is 0 Å². The van der Waals surface area contributed by atoms with Crippen molar-refractivity contribution in [1.82, 2.24) is 19.9 Å². The summed E-state index contributed by atoms with van der Waals surface area (Å²) in [7, 11) is 0. The molecule has 0 unspecified atom stereocenters. The number of hydrogen-bond acceptors (Lipinski definition) is 4. The fraction of sp³-hybridized carbons (Fsp3) is 0. The molecule has 0 aliphatic rings. The Hall–Kier alpha value is -6.78. The highest BCUT2D eigenvalue weighted by atomic mass is 14.9. The minimum atomic E-state index is 0.713. The molecule has 0 atom stereocenters. The Labute approximate surface area is 288 Å². The van der Waals surface area contributed by atoms with Crippen LogP contribution in [0.15, 0.2) is 170 Å². The van der Waals surface area contributed by atoms with Crippen molar-refractivity contribution >= 4 is 54.1 Å². The van der Waals surface area contributed by atoms with E-state index in [1.165, 1.54) is 0 Å².